The van der Waals surface area contributed by atoms with Crippen LogP contribution in [0.15, 0.2) is 45.8 Å². The van der Waals surface area contributed by atoms with Crippen LogP contribution in [0.5, 0.6) is 0 Å². The summed E-state index contributed by atoms with van der Waals surface area (Å²) in [6, 6.07) is 6.21. The van der Waals surface area contributed by atoms with Crippen LogP contribution in [0.1, 0.15) is 5.56 Å². The summed E-state index contributed by atoms with van der Waals surface area (Å²) in [4.78, 5) is 16.5. The van der Waals surface area contributed by atoms with Crippen molar-refractivity contribution >= 4 is 21.6 Å². The van der Waals surface area contributed by atoms with E-state index in [4.69, 9.17) is 0 Å². The van der Waals surface area contributed by atoms with Crippen LogP contribution < -0.4 is 5.56 Å². The quantitative estimate of drug-likeness (QED) is 0.670. The molecular formula is C15H9BrF2N2O. The summed E-state index contributed by atoms with van der Waals surface area (Å²) in [6.45, 7) is 1.85. The number of benzene rings is 1. The van der Waals surface area contributed by atoms with Gasteiger partial charge in [0, 0.05) is 23.9 Å². The lowest BCUT2D eigenvalue weighted by Gasteiger charge is -2.08. The maximum absolute atomic E-state index is 13.8. The number of hydrogen-bond acceptors (Lipinski definition) is 2. The summed E-state index contributed by atoms with van der Waals surface area (Å²) < 4.78 is 28.8. The molecule has 0 saturated carbocycles. The van der Waals surface area contributed by atoms with E-state index >= 15 is 0 Å². The Labute approximate surface area is 127 Å². The first-order valence-electron chi connectivity index (χ1n) is 6.11. The lowest BCUT2D eigenvalue weighted by molar-refractivity contribution is 0.585. The van der Waals surface area contributed by atoms with Gasteiger partial charge in [-0.2, -0.15) is 0 Å². The number of halogens is 3. The highest BCUT2D eigenvalue weighted by molar-refractivity contribution is 9.10. The van der Waals surface area contributed by atoms with Crippen molar-refractivity contribution < 1.29 is 8.78 Å². The minimum Gasteiger partial charge on any atom is -0.269 e. The Kier molecular flexibility index (Phi) is 3.33. The number of aromatic nitrogens is 2. The smallest absolute Gasteiger partial charge is 0.258 e. The first-order valence-corrected chi connectivity index (χ1v) is 6.90. The van der Waals surface area contributed by atoms with Crippen LogP contribution in [-0.4, -0.2) is 9.38 Å². The largest absolute Gasteiger partial charge is 0.269 e. The molecule has 0 aliphatic heterocycles. The van der Waals surface area contributed by atoms with Crippen molar-refractivity contribution in [3.8, 4) is 11.3 Å². The fourth-order valence-corrected chi connectivity index (χ4v) is 2.77. The Morgan fingerprint density at radius 3 is 2.67 bits per heavy atom. The van der Waals surface area contributed by atoms with Gasteiger partial charge in [-0.15, -0.1) is 0 Å². The van der Waals surface area contributed by atoms with E-state index < -0.39 is 11.6 Å². The second-order valence-corrected chi connectivity index (χ2v) is 5.52. The molecule has 2 aromatic heterocycles. The SMILES string of the molecule is Cc1cc(Br)c2nc(-c3ccc(F)cc3F)cc(=O)n2c1. The highest BCUT2D eigenvalue weighted by Crippen LogP contribution is 2.23. The van der Waals surface area contributed by atoms with Crippen molar-refractivity contribution in [2.45, 2.75) is 6.92 Å². The van der Waals surface area contributed by atoms with E-state index in [1.165, 1.54) is 16.5 Å². The minimum absolute atomic E-state index is 0.0866. The van der Waals surface area contributed by atoms with Gasteiger partial charge in [0.2, 0.25) is 0 Å². The average Bonchev–Trinajstić information content (AvgIpc) is 2.40. The van der Waals surface area contributed by atoms with Gasteiger partial charge in [-0.05, 0) is 46.6 Å². The molecule has 0 N–H and O–H groups in total. The highest BCUT2D eigenvalue weighted by atomic mass is 79.9. The molecule has 0 atom stereocenters. The third kappa shape index (κ3) is 2.47. The fourth-order valence-electron chi connectivity index (χ4n) is 2.12. The third-order valence-corrected chi connectivity index (χ3v) is 3.64. The number of nitrogens with zero attached hydrogens (tertiary/aromatic N) is 2. The maximum Gasteiger partial charge on any atom is 0.258 e. The molecule has 3 rings (SSSR count). The predicted octanol–water partition coefficient (Wildman–Crippen LogP) is 3.71. The molecule has 0 amide bonds. The van der Waals surface area contributed by atoms with Crippen molar-refractivity contribution in [1.29, 1.82) is 0 Å². The molecule has 0 bridgehead atoms. The zero-order valence-corrected chi connectivity index (χ0v) is 12.5. The molecule has 2 heterocycles. The molecule has 0 radical (unpaired) electrons. The lowest BCUT2D eigenvalue weighted by Crippen LogP contribution is -2.15. The third-order valence-electron chi connectivity index (χ3n) is 3.06. The second kappa shape index (κ2) is 5.04. The molecular weight excluding hydrogens is 342 g/mol. The van der Waals surface area contributed by atoms with E-state index in [-0.39, 0.29) is 16.8 Å². The van der Waals surface area contributed by atoms with Gasteiger partial charge in [0.05, 0.1) is 10.2 Å². The van der Waals surface area contributed by atoms with Crippen LogP contribution in [0.3, 0.4) is 0 Å². The molecule has 0 aliphatic carbocycles. The molecule has 0 spiro atoms. The molecule has 21 heavy (non-hydrogen) atoms. The zero-order valence-electron chi connectivity index (χ0n) is 10.9. The lowest BCUT2D eigenvalue weighted by atomic mass is 10.1. The Balaban J connectivity index is 2.33. The van der Waals surface area contributed by atoms with E-state index in [9.17, 15) is 13.6 Å². The van der Waals surface area contributed by atoms with Crippen molar-refractivity contribution in [2.75, 3.05) is 0 Å². The Morgan fingerprint density at radius 1 is 1.19 bits per heavy atom. The molecule has 0 saturated heterocycles. The Bertz CT molecular complexity index is 921. The molecule has 6 heteroatoms. The van der Waals surface area contributed by atoms with E-state index in [1.807, 2.05) is 13.0 Å². The highest BCUT2D eigenvalue weighted by Gasteiger charge is 2.12. The normalized spacial score (nSPS) is 11.0. The summed E-state index contributed by atoms with van der Waals surface area (Å²) in [7, 11) is 0. The topological polar surface area (TPSA) is 34.4 Å². The van der Waals surface area contributed by atoms with E-state index in [2.05, 4.69) is 20.9 Å². The van der Waals surface area contributed by atoms with Gasteiger partial charge >= 0.3 is 0 Å². The number of aryl methyl sites for hydroxylation is 1. The van der Waals surface area contributed by atoms with Gasteiger partial charge in [-0.3, -0.25) is 9.20 Å². The van der Waals surface area contributed by atoms with Gasteiger partial charge in [0.15, 0.2) is 5.65 Å². The summed E-state index contributed by atoms with van der Waals surface area (Å²) in [5.74, 6) is -1.43. The number of hydrogen-bond donors (Lipinski definition) is 0. The fraction of sp³-hybridized carbons (Fsp3) is 0.0667. The van der Waals surface area contributed by atoms with Crippen LogP contribution in [-0.2, 0) is 0 Å². The Morgan fingerprint density at radius 2 is 1.95 bits per heavy atom. The first-order chi connectivity index (χ1) is 9.95. The monoisotopic (exact) mass is 350 g/mol. The van der Waals surface area contributed by atoms with E-state index in [0.717, 1.165) is 17.7 Å². The van der Waals surface area contributed by atoms with E-state index in [0.29, 0.717) is 10.1 Å². The summed E-state index contributed by atoms with van der Waals surface area (Å²) in [6.07, 6.45) is 1.65. The molecule has 0 fully saturated rings. The van der Waals surface area contributed by atoms with Crippen LogP contribution >= 0.6 is 15.9 Å². The summed E-state index contributed by atoms with van der Waals surface area (Å²) in [5, 5.41) is 0. The van der Waals surface area contributed by atoms with Gasteiger partial charge in [0.25, 0.3) is 5.56 Å². The maximum atomic E-state index is 13.8. The van der Waals surface area contributed by atoms with E-state index in [1.54, 1.807) is 6.20 Å². The summed E-state index contributed by atoms with van der Waals surface area (Å²) in [5.41, 5.74) is 1.19. The second-order valence-electron chi connectivity index (χ2n) is 4.66. The summed E-state index contributed by atoms with van der Waals surface area (Å²) >= 11 is 3.34. The predicted molar refractivity (Wildman–Crippen MR) is 79.3 cm³/mol. The standard InChI is InChI=1S/C15H9BrF2N2O/c1-8-4-11(16)15-19-13(6-14(21)20(15)7-8)10-3-2-9(17)5-12(10)18/h2-7H,1H3. The molecule has 0 unspecified atom stereocenters. The first kappa shape index (κ1) is 13.9. The molecule has 3 aromatic rings. The minimum atomic E-state index is -0.755. The molecule has 3 nitrogen and oxygen atoms in total. The van der Waals surface area contributed by atoms with Crippen LogP contribution in [0.25, 0.3) is 16.9 Å². The zero-order chi connectivity index (χ0) is 15.1. The van der Waals surface area contributed by atoms with Crippen LogP contribution in [0.2, 0.25) is 0 Å². The van der Waals surface area contributed by atoms with Crippen molar-refractivity contribution in [1.82, 2.24) is 9.38 Å². The van der Waals surface area contributed by atoms with Gasteiger partial charge in [-0.25, -0.2) is 13.8 Å². The van der Waals surface area contributed by atoms with Crippen molar-refractivity contribution in [3.63, 3.8) is 0 Å². The van der Waals surface area contributed by atoms with Crippen LogP contribution in [0, 0.1) is 18.6 Å². The molecule has 106 valence electrons. The number of rotatable bonds is 1. The van der Waals surface area contributed by atoms with Gasteiger partial charge in [0.1, 0.15) is 11.6 Å². The molecule has 1 aromatic carbocycles. The van der Waals surface area contributed by atoms with Crippen molar-refractivity contribution in [2.24, 2.45) is 0 Å². The molecule has 0 aliphatic rings. The van der Waals surface area contributed by atoms with Gasteiger partial charge < -0.3 is 0 Å². The Hall–Kier alpha value is -2.08. The average molecular weight is 351 g/mol. The van der Waals surface area contributed by atoms with Gasteiger partial charge in [-0.1, -0.05) is 0 Å². The number of fused-ring (bicyclic) bond motifs is 1. The van der Waals surface area contributed by atoms with Crippen molar-refractivity contribution in [3.05, 3.63) is 68.6 Å². The van der Waals surface area contributed by atoms with Crippen LogP contribution in [0.4, 0.5) is 8.78 Å². The number of pyridine rings is 1.